The largest absolute Gasteiger partial charge is 0.314 e. The lowest BCUT2D eigenvalue weighted by Gasteiger charge is -2.24. The van der Waals surface area contributed by atoms with E-state index in [9.17, 15) is 0 Å². The van der Waals surface area contributed by atoms with E-state index < -0.39 is 0 Å². The summed E-state index contributed by atoms with van der Waals surface area (Å²) in [7, 11) is 0. The van der Waals surface area contributed by atoms with Gasteiger partial charge in [0.1, 0.15) is 0 Å². The Morgan fingerprint density at radius 3 is 2.85 bits per heavy atom. The van der Waals surface area contributed by atoms with Crippen LogP contribution in [0.25, 0.3) is 10.9 Å². The number of pyridine rings is 1. The maximum atomic E-state index is 4.38. The van der Waals surface area contributed by atoms with Crippen LogP contribution in [0.5, 0.6) is 0 Å². The van der Waals surface area contributed by atoms with Crippen molar-refractivity contribution in [2.24, 2.45) is 0 Å². The molecule has 1 aromatic carbocycles. The van der Waals surface area contributed by atoms with Gasteiger partial charge >= 0.3 is 0 Å². The van der Waals surface area contributed by atoms with E-state index in [0.29, 0.717) is 0 Å². The highest BCUT2D eigenvalue weighted by Gasteiger charge is 2.06. The smallest absolute Gasteiger partial charge is 0.0705 e. The second kappa shape index (κ2) is 6.51. The molecule has 0 spiro atoms. The SMILES string of the molecule is C(#CCN1CCNCC1)Cc1ccnc2ccccc12. The van der Waals surface area contributed by atoms with Gasteiger partial charge in [0.05, 0.1) is 12.1 Å². The lowest BCUT2D eigenvalue weighted by atomic mass is 10.1. The number of hydrogen-bond acceptors (Lipinski definition) is 3. The van der Waals surface area contributed by atoms with E-state index in [4.69, 9.17) is 0 Å². The van der Waals surface area contributed by atoms with Crippen LogP contribution in [0, 0.1) is 11.8 Å². The quantitative estimate of drug-likeness (QED) is 0.838. The van der Waals surface area contributed by atoms with Crippen LogP contribution >= 0.6 is 0 Å². The Morgan fingerprint density at radius 1 is 1.10 bits per heavy atom. The molecule has 1 fully saturated rings. The Kier molecular flexibility index (Phi) is 4.27. The molecule has 3 rings (SSSR count). The first-order valence-electron chi connectivity index (χ1n) is 7.15. The molecule has 0 amide bonds. The van der Waals surface area contributed by atoms with Crippen LogP contribution in [0.1, 0.15) is 5.56 Å². The minimum Gasteiger partial charge on any atom is -0.314 e. The van der Waals surface area contributed by atoms with Crippen LogP contribution in [-0.4, -0.2) is 42.6 Å². The van der Waals surface area contributed by atoms with Gasteiger partial charge in [-0.15, -0.1) is 0 Å². The average Bonchev–Trinajstić information content (AvgIpc) is 2.53. The number of hydrogen-bond donors (Lipinski definition) is 1. The number of aromatic nitrogens is 1. The van der Waals surface area contributed by atoms with Crippen molar-refractivity contribution < 1.29 is 0 Å². The molecule has 0 aliphatic carbocycles. The van der Waals surface area contributed by atoms with E-state index in [2.05, 4.69) is 45.2 Å². The first-order chi connectivity index (χ1) is 9.93. The van der Waals surface area contributed by atoms with Gasteiger partial charge in [0.15, 0.2) is 0 Å². The Bertz CT molecular complexity index is 628. The molecule has 3 nitrogen and oxygen atoms in total. The summed E-state index contributed by atoms with van der Waals surface area (Å²) >= 11 is 0. The Balaban J connectivity index is 1.65. The third-order valence-electron chi connectivity index (χ3n) is 3.66. The number of piperazine rings is 1. The van der Waals surface area contributed by atoms with Crippen molar-refractivity contribution >= 4 is 10.9 Å². The van der Waals surface area contributed by atoms with Crippen molar-refractivity contribution in [3.63, 3.8) is 0 Å². The number of benzene rings is 1. The molecular formula is C17H19N3. The van der Waals surface area contributed by atoms with E-state index in [1.807, 2.05) is 18.3 Å². The average molecular weight is 265 g/mol. The van der Waals surface area contributed by atoms with Gasteiger partial charge in [0.2, 0.25) is 0 Å². The summed E-state index contributed by atoms with van der Waals surface area (Å²) in [6.45, 7) is 5.25. The first kappa shape index (κ1) is 13.1. The predicted molar refractivity (Wildman–Crippen MR) is 82.5 cm³/mol. The van der Waals surface area contributed by atoms with Gasteiger partial charge in [-0.1, -0.05) is 30.0 Å². The summed E-state index contributed by atoms with van der Waals surface area (Å²) in [5.74, 6) is 6.60. The normalized spacial score (nSPS) is 15.8. The van der Waals surface area contributed by atoms with Crippen molar-refractivity contribution in [1.82, 2.24) is 15.2 Å². The fourth-order valence-corrected chi connectivity index (χ4v) is 2.50. The summed E-state index contributed by atoms with van der Waals surface area (Å²) in [6.07, 6.45) is 2.67. The maximum Gasteiger partial charge on any atom is 0.0705 e. The third-order valence-corrected chi connectivity index (χ3v) is 3.66. The zero-order chi connectivity index (χ0) is 13.6. The Hall–Kier alpha value is -1.89. The van der Waals surface area contributed by atoms with E-state index in [1.54, 1.807) is 0 Å². The molecule has 0 saturated carbocycles. The minimum absolute atomic E-state index is 0.801. The van der Waals surface area contributed by atoms with Crippen molar-refractivity contribution in [3.05, 3.63) is 42.1 Å². The monoisotopic (exact) mass is 265 g/mol. The molecule has 2 aromatic rings. The van der Waals surface area contributed by atoms with E-state index in [1.165, 1.54) is 10.9 Å². The molecule has 1 aliphatic rings. The molecular weight excluding hydrogens is 246 g/mol. The highest BCUT2D eigenvalue weighted by atomic mass is 15.2. The zero-order valence-corrected chi connectivity index (χ0v) is 11.6. The van der Waals surface area contributed by atoms with Crippen molar-refractivity contribution in [2.45, 2.75) is 6.42 Å². The second-order valence-electron chi connectivity index (χ2n) is 5.04. The standard InChI is InChI=1S/C17H19N3/c1-2-7-17-16(6-1)15(8-9-19-17)5-3-4-12-20-13-10-18-11-14-20/h1-2,6-9,18H,5,10-14H2. The molecule has 102 valence electrons. The number of fused-ring (bicyclic) bond motifs is 1. The molecule has 0 bridgehead atoms. The lowest BCUT2D eigenvalue weighted by Crippen LogP contribution is -2.43. The number of rotatable bonds is 2. The topological polar surface area (TPSA) is 28.2 Å². The molecule has 1 aliphatic heterocycles. The van der Waals surface area contributed by atoms with Crippen LogP contribution < -0.4 is 5.32 Å². The minimum atomic E-state index is 0.801. The molecule has 3 heteroatoms. The Morgan fingerprint density at radius 2 is 1.95 bits per heavy atom. The van der Waals surface area contributed by atoms with Crippen LogP contribution in [0.2, 0.25) is 0 Å². The van der Waals surface area contributed by atoms with Gasteiger partial charge in [0, 0.05) is 44.2 Å². The zero-order valence-electron chi connectivity index (χ0n) is 11.6. The fourth-order valence-electron chi connectivity index (χ4n) is 2.50. The molecule has 1 N–H and O–H groups in total. The first-order valence-corrected chi connectivity index (χ1v) is 7.15. The molecule has 0 unspecified atom stereocenters. The van der Waals surface area contributed by atoms with E-state index in [0.717, 1.165) is 44.7 Å². The van der Waals surface area contributed by atoms with Crippen LogP contribution in [0.3, 0.4) is 0 Å². The highest BCUT2D eigenvalue weighted by Crippen LogP contribution is 2.16. The van der Waals surface area contributed by atoms with Gasteiger partial charge in [-0.05, 0) is 17.7 Å². The van der Waals surface area contributed by atoms with Crippen LogP contribution in [0.4, 0.5) is 0 Å². The summed E-state index contributed by atoms with van der Waals surface area (Å²) in [5, 5.41) is 4.57. The van der Waals surface area contributed by atoms with Crippen LogP contribution in [-0.2, 0) is 6.42 Å². The summed E-state index contributed by atoms with van der Waals surface area (Å²) in [4.78, 5) is 6.78. The predicted octanol–water partition coefficient (Wildman–Crippen LogP) is 1.69. The summed E-state index contributed by atoms with van der Waals surface area (Å²) in [5.41, 5.74) is 2.32. The van der Waals surface area contributed by atoms with Gasteiger partial charge in [-0.25, -0.2) is 0 Å². The van der Waals surface area contributed by atoms with E-state index in [-0.39, 0.29) is 0 Å². The van der Waals surface area contributed by atoms with Crippen molar-refractivity contribution in [2.75, 3.05) is 32.7 Å². The summed E-state index contributed by atoms with van der Waals surface area (Å²) in [6, 6.07) is 10.3. The summed E-state index contributed by atoms with van der Waals surface area (Å²) < 4.78 is 0. The second-order valence-corrected chi connectivity index (χ2v) is 5.04. The van der Waals surface area contributed by atoms with Gasteiger partial charge in [-0.2, -0.15) is 0 Å². The molecule has 0 radical (unpaired) electrons. The lowest BCUT2D eigenvalue weighted by molar-refractivity contribution is 0.268. The molecule has 20 heavy (non-hydrogen) atoms. The fraction of sp³-hybridized carbons (Fsp3) is 0.353. The maximum absolute atomic E-state index is 4.38. The Labute approximate surface area is 120 Å². The molecule has 1 saturated heterocycles. The van der Waals surface area contributed by atoms with Gasteiger partial charge in [0.25, 0.3) is 0 Å². The van der Waals surface area contributed by atoms with Gasteiger partial charge in [-0.3, -0.25) is 9.88 Å². The number of para-hydroxylation sites is 1. The molecule has 1 aromatic heterocycles. The van der Waals surface area contributed by atoms with Crippen molar-refractivity contribution in [3.8, 4) is 11.8 Å². The van der Waals surface area contributed by atoms with Crippen molar-refractivity contribution in [1.29, 1.82) is 0 Å². The van der Waals surface area contributed by atoms with Gasteiger partial charge < -0.3 is 5.32 Å². The third kappa shape index (κ3) is 3.16. The number of nitrogens with zero attached hydrogens (tertiary/aromatic N) is 2. The molecule has 0 atom stereocenters. The highest BCUT2D eigenvalue weighted by molar-refractivity contribution is 5.82. The van der Waals surface area contributed by atoms with E-state index >= 15 is 0 Å². The number of nitrogens with one attached hydrogen (secondary N) is 1. The van der Waals surface area contributed by atoms with Crippen LogP contribution in [0.15, 0.2) is 36.5 Å². The molecule has 2 heterocycles.